The first kappa shape index (κ1) is 22.1. The van der Waals surface area contributed by atoms with E-state index < -0.39 is 6.10 Å². The quantitative estimate of drug-likeness (QED) is 0.474. The Labute approximate surface area is 194 Å². The molecule has 2 aromatic rings. The van der Waals surface area contributed by atoms with E-state index in [0.29, 0.717) is 17.6 Å². The molecule has 2 saturated heterocycles. The van der Waals surface area contributed by atoms with Crippen LogP contribution in [0.5, 0.6) is 5.75 Å². The Morgan fingerprint density at radius 1 is 1.24 bits per heavy atom. The minimum Gasteiger partial charge on any atom is -0.491 e. The minimum absolute atomic E-state index is 0.229. The highest BCUT2D eigenvalue weighted by atomic mass is 16.5. The second-order valence-corrected chi connectivity index (χ2v) is 9.34. The van der Waals surface area contributed by atoms with Crippen molar-refractivity contribution in [2.75, 3.05) is 29.9 Å². The van der Waals surface area contributed by atoms with E-state index in [-0.39, 0.29) is 18.8 Å². The third-order valence-corrected chi connectivity index (χ3v) is 6.49. The van der Waals surface area contributed by atoms with Crippen molar-refractivity contribution in [1.29, 1.82) is 5.41 Å². The van der Waals surface area contributed by atoms with Crippen molar-refractivity contribution in [3.8, 4) is 17.1 Å². The molecule has 0 amide bonds. The fourth-order valence-corrected chi connectivity index (χ4v) is 4.61. The molecule has 1 aromatic carbocycles. The van der Waals surface area contributed by atoms with Gasteiger partial charge in [0.05, 0.1) is 23.9 Å². The van der Waals surface area contributed by atoms with Crippen LogP contribution in [0.25, 0.3) is 11.4 Å². The predicted octanol–water partition coefficient (Wildman–Crippen LogP) is 3.62. The molecule has 8 heteroatoms. The lowest BCUT2D eigenvalue weighted by Gasteiger charge is -2.34. The highest BCUT2D eigenvalue weighted by Crippen LogP contribution is 2.35. The average Bonchev–Trinajstić information content (AvgIpc) is 3.59. The predicted molar refractivity (Wildman–Crippen MR) is 129 cm³/mol. The van der Waals surface area contributed by atoms with Crippen LogP contribution in [0.2, 0.25) is 0 Å². The lowest BCUT2D eigenvalue weighted by atomic mass is 10.1. The summed E-state index contributed by atoms with van der Waals surface area (Å²) in [5.41, 5.74) is 1.59. The maximum atomic E-state index is 10.0. The van der Waals surface area contributed by atoms with Crippen LogP contribution in [0.4, 0.5) is 11.6 Å². The van der Waals surface area contributed by atoms with Crippen LogP contribution in [0.1, 0.15) is 51.0 Å². The van der Waals surface area contributed by atoms with Gasteiger partial charge in [0.25, 0.3) is 0 Å². The van der Waals surface area contributed by atoms with Crippen molar-refractivity contribution in [2.24, 2.45) is 0 Å². The molecule has 3 fully saturated rings. The van der Waals surface area contributed by atoms with Gasteiger partial charge in [-0.1, -0.05) is 25.5 Å². The Morgan fingerprint density at radius 2 is 2.03 bits per heavy atom. The number of aliphatic hydroxyl groups is 1. The summed E-state index contributed by atoms with van der Waals surface area (Å²) in [7, 11) is 0. The molecule has 0 radical (unpaired) electrons. The van der Waals surface area contributed by atoms with Gasteiger partial charge in [-0.15, -0.1) is 0 Å². The molecule has 0 spiro atoms. The number of benzene rings is 1. The summed E-state index contributed by atoms with van der Waals surface area (Å²) < 4.78 is 11.9. The first-order valence-electron chi connectivity index (χ1n) is 12.1. The molecule has 1 aromatic heterocycles. The Hall–Kier alpha value is -2.71. The lowest BCUT2D eigenvalue weighted by Crippen LogP contribution is -2.43. The molecule has 1 aliphatic carbocycles. The van der Waals surface area contributed by atoms with E-state index in [1.165, 1.54) is 6.21 Å². The molecule has 3 N–H and O–H groups in total. The van der Waals surface area contributed by atoms with Gasteiger partial charge >= 0.3 is 0 Å². The second kappa shape index (κ2) is 9.65. The smallest absolute Gasteiger partial charge is 0.164 e. The highest BCUT2D eigenvalue weighted by molar-refractivity contribution is 5.92. The number of aromatic nitrogens is 2. The molecule has 8 nitrogen and oxygen atoms in total. The topological polar surface area (TPSA) is 104 Å². The van der Waals surface area contributed by atoms with Crippen molar-refractivity contribution in [1.82, 2.24) is 9.97 Å². The van der Waals surface area contributed by atoms with E-state index >= 15 is 0 Å². The van der Waals surface area contributed by atoms with Crippen LogP contribution >= 0.6 is 0 Å². The number of morpholine rings is 1. The Balaban J connectivity index is 1.47. The normalized spacial score (nSPS) is 22.8. The number of anilines is 2. The lowest BCUT2D eigenvalue weighted by molar-refractivity contribution is 0.0302. The third kappa shape index (κ3) is 5.12. The number of hydrogen-bond acceptors (Lipinski definition) is 8. The van der Waals surface area contributed by atoms with Gasteiger partial charge in [0.15, 0.2) is 5.82 Å². The standard InChI is InChI=1S/C25H33N5O3/c1-2-4-18(31)15-32-19-6-3-5-16(11-19)23-28-24(27-17-7-8-17)22(12-26)25(29-23)30-13-20-9-10-21(14-30)33-20/h3,5-6,11-12,17-18,20-21,26,31H,2,4,7-10,13-15H2,1H3,(H,27,28,29). The summed E-state index contributed by atoms with van der Waals surface area (Å²) in [4.78, 5) is 12.0. The van der Waals surface area contributed by atoms with Gasteiger partial charge < -0.3 is 30.2 Å². The zero-order valence-electron chi connectivity index (χ0n) is 19.2. The summed E-state index contributed by atoms with van der Waals surface area (Å²) in [6, 6.07) is 8.12. The third-order valence-electron chi connectivity index (χ3n) is 6.49. The van der Waals surface area contributed by atoms with Gasteiger partial charge in [-0.05, 0) is 44.2 Å². The molecular weight excluding hydrogens is 418 g/mol. The molecule has 3 aliphatic rings. The van der Waals surface area contributed by atoms with Crippen molar-refractivity contribution in [3.05, 3.63) is 29.8 Å². The molecule has 176 valence electrons. The molecule has 1 saturated carbocycles. The van der Waals surface area contributed by atoms with E-state index in [0.717, 1.165) is 74.4 Å². The summed E-state index contributed by atoms with van der Waals surface area (Å²) in [6.45, 7) is 3.88. The molecule has 33 heavy (non-hydrogen) atoms. The fourth-order valence-electron chi connectivity index (χ4n) is 4.61. The highest BCUT2D eigenvalue weighted by Gasteiger charge is 2.36. The number of nitrogens with zero attached hydrogens (tertiary/aromatic N) is 3. The number of ether oxygens (including phenoxy) is 2. The van der Waals surface area contributed by atoms with Gasteiger partial charge in [-0.25, -0.2) is 9.97 Å². The van der Waals surface area contributed by atoms with Crippen LogP contribution in [0, 0.1) is 5.41 Å². The number of aliphatic hydroxyl groups excluding tert-OH is 1. The Bertz CT molecular complexity index is 984. The SMILES string of the molecule is CCCC(O)COc1cccc(-c2nc(NC3CC3)c(C=N)c(N3CC4CCC(C3)O4)n2)c1. The van der Waals surface area contributed by atoms with Crippen LogP contribution in [-0.2, 0) is 4.74 Å². The van der Waals surface area contributed by atoms with Gasteiger partial charge in [0, 0.05) is 30.9 Å². The summed E-state index contributed by atoms with van der Waals surface area (Å²) >= 11 is 0. The van der Waals surface area contributed by atoms with Crippen molar-refractivity contribution < 1.29 is 14.6 Å². The molecule has 2 bridgehead atoms. The number of hydrogen-bond donors (Lipinski definition) is 3. The number of rotatable bonds is 10. The maximum absolute atomic E-state index is 10.0. The van der Waals surface area contributed by atoms with Crippen LogP contribution in [-0.4, -0.2) is 65.3 Å². The van der Waals surface area contributed by atoms with E-state index in [9.17, 15) is 5.11 Å². The molecule has 2 aliphatic heterocycles. The number of nitrogens with one attached hydrogen (secondary N) is 2. The Morgan fingerprint density at radius 3 is 2.73 bits per heavy atom. The first-order chi connectivity index (χ1) is 16.1. The first-order valence-corrected chi connectivity index (χ1v) is 12.1. The average molecular weight is 452 g/mol. The zero-order valence-corrected chi connectivity index (χ0v) is 19.2. The zero-order chi connectivity index (χ0) is 22.8. The summed E-state index contributed by atoms with van der Waals surface area (Å²) in [6.07, 6.45) is 7.39. The number of fused-ring (bicyclic) bond motifs is 2. The van der Waals surface area contributed by atoms with E-state index in [1.54, 1.807) is 0 Å². The van der Waals surface area contributed by atoms with E-state index in [4.69, 9.17) is 24.9 Å². The van der Waals surface area contributed by atoms with Gasteiger partial charge in [0.2, 0.25) is 0 Å². The molecule has 3 atom stereocenters. The maximum Gasteiger partial charge on any atom is 0.164 e. The van der Waals surface area contributed by atoms with E-state index in [1.807, 2.05) is 31.2 Å². The summed E-state index contributed by atoms with van der Waals surface area (Å²) in [5.74, 6) is 2.81. The van der Waals surface area contributed by atoms with Crippen molar-refractivity contribution in [3.63, 3.8) is 0 Å². The van der Waals surface area contributed by atoms with Gasteiger partial charge in [-0.3, -0.25) is 0 Å². The molecule has 3 unspecified atom stereocenters. The fraction of sp³-hybridized carbons (Fsp3) is 0.560. The summed E-state index contributed by atoms with van der Waals surface area (Å²) in [5, 5.41) is 21.6. The van der Waals surface area contributed by atoms with Gasteiger partial charge in [0.1, 0.15) is 24.0 Å². The van der Waals surface area contributed by atoms with Crippen molar-refractivity contribution >= 4 is 17.9 Å². The van der Waals surface area contributed by atoms with Crippen LogP contribution in [0.3, 0.4) is 0 Å². The van der Waals surface area contributed by atoms with Crippen molar-refractivity contribution in [2.45, 2.75) is 69.8 Å². The van der Waals surface area contributed by atoms with Crippen LogP contribution < -0.4 is 15.0 Å². The van der Waals surface area contributed by atoms with Gasteiger partial charge in [-0.2, -0.15) is 0 Å². The van der Waals surface area contributed by atoms with Crippen LogP contribution in [0.15, 0.2) is 24.3 Å². The largest absolute Gasteiger partial charge is 0.491 e. The Kier molecular flexibility index (Phi) is 6.46. The molecular formula is C25H33N5O3. The molecule has 5 rings (SSSR count). The van der Waals surface area contributed by atoms with E-state index in [2.05, 4.69) is 10.2 Å². The second-order valence-electron chi connectivity index (χ2n) is 9.34. The monoisotopic (exact) mass is 451 g/mol. The minimum atomic E-state index is -0.473. The molecule has 3 heterocycles.